The molecule has 0 saturated heterocycles. The second-order valence-electron chi connectivity index (χ2n) is 6.83. The first-order valence-electron chi connectivity index (χ1n) is 10.0. The molecule has 0 saturated carbocycles. The largest absolute Gasteiger partial charge is 0.508 e. The number of esters is 2. The van der Waals surface area contributed by atoms with Gasteiger partial charge in [0.1, 0.15) is 15.6 Å². The van der Waals surface area contributed by atoms with Crippen LogP contribution in [0.2, 0.25) is 0 Å². The molecule has 0 aliphatic carbocycles. The van der Waals surface area contributed by atoms with Crippen LogP contribution >= 0.6 is 11.3 Å². The molecule has 0 bridgehead atoms. The van der Waals surface area contributed by atoms with Gasteiger partial charge in [-0.25, -0.2) is 14.4 Å². The van der Waals surface area contributed by atoms with E-state index in [4.69, 9.17) is 9.47 Å². The topological polar surface area (TPSA) is 131 Å². The van der Waals surface area contributed by atoms with Crippen LogP contribution < -0.4 is 10.6 Å². The van der Waals surface area contributed by atoms with Crippen LogP contribution in [0, 0.1) is 6.92 Å². The van der Waals surface area contributed by atoms with Gasteiger partial charge >= 0.3 is 18.0 Å². The lowest BCUT2D eigenvalue weighted by molar-refractivity contribution is -0.118. The van der Waals surface area contributed by atoms with E-state index < -0.39 is 24.0 Å². The summed E-state index contributed by atoms with van der Waals surface area (Å²) in [6, 6.07) is 4.73. The maximum atomic E-state index is 12.6. The number of amides is 2. The number of aromatic hydroxyl groups is 1. The fraction of sp³-hybridized carbons (Fsp3) is 0.364. The van der Waals surface area contributed by atoms with Gasteiger partial charge in [-0.1, -0.05) is 12.1 Å². The van der Waals surface area contributed by atoms with Crippen molar-refractivity contribution in [2.24, 2.45) is 0 Å². The number of phenolic OH excluding ortho intramolecular Hbond substituents is 1. The van der Waals surface area contributed by atoms with E-state index in [0.717, 1.165) is 16.9 Å². The van der Waals surface area contributed by atoms with Crippen LogP contribution in [0.15, 0.2) is 24.3 Å². The van der Waals surface area contributed by atoms with Crippen molar-refractivity contribution in [3.8, 4) is 5.75 Å². The van der Waals surface area contributed by atoms with Gasteiger partial charge in [-0.2, -0.15) is 0 Å². The lowest BCUT2D eigenvalue weighted by Gasteiger charge is -2.16. The zero-order valence-corrected chi connectivity index (χ0v) is 19.1. The zero-order valence-electron chi connectivity index (χ0n) is 18.3. The molecular weight excluding hydrogens is 436 g/mol. The summed E-state index contributed by atoms with van der Waals surface area (Å²) in [5.41, 5.74) is 1.15. The second-order valence-corrected chi connectivity index (χ2v) is 7.85. The molecule has 1 aromatic heterocycles. The molecule has 0 spiro atoms. The molecule has 0 aliphatic rings. The van der Waals surface area contributed by atoms with Crippen molar-refractivity contribution >= 4 is 40.1 Å². The summed E-state index contributed by atoms with van der Waals surface area (Å²) in [6.45, 7) is 6.51. The van der Waals surface area contributed by atoms with E-state index in [1.54, 1.807) is 32.9 Å². The van der Waals surface area contributed by atoms with Crippen molar-refractivity contribution < 1.29 is 33.8 Å². The molecule has 1 atom stereocenters. The van der Waals surface area contributed by atoms with Gasteiger partial charge in [0.05, 0.1) is 24.8 Å². The molecule has 1 aromatic carbocycles. The number of urea groups is 1. The number of ketones is 1. The molecule has 2 aromatic rings. The molecule has 3 N–H and O–H groups in total. The van der Waals surface area contributed by atoms with Gasteiger partial charge in [0.15, 0.2) is 5.78 Å². The van der Waals surface area contributed by atoms with Crippen LogP contribution in [0.3, 0.4) is 0 Å². The minimum absolute atomic E-state index is 0.0629. The predicted octanol–water partition coefficient (Wildman–Crippen LogP) is 3.44. The Hall–Kier alpha value is -3.40. The first-order chi connectivity index (χ1) is 15.2. The van der Waals surface area contributed by atoms with Gasteiger partial charge in [0.2, 0.25) is 0 Å². The highest BCUT2D eigenvalue weighted by Crippen LogP contribution is 2.34. The number of rotatable bonds is 9. The molecule has 2 amide bonds. The summed E-state index contributed by atoms with van der Waals surface area (Å²) in [5.74, 6) is -1.47. The first kappa shape index (κ1) is 24.9. The number of thiophene rings is 1. The van der Waals surface area contributed by atoms with Gasteiger partial charge in [0, 0.05) is 0 Å². The maximum Gasteiger partial charge on any atom is 0.348 e. The Morgan fingerprint density at radius 2 is 1.62 bits per heavy atom. The smallest absolute Gasteiger partial charge is 0.348 e. The van der Waals surface area contributed by atoms with Crippen LogP contribution in [0.5, 0.6) is 5.75 Å². The molecular formula is C22H26N2O7S. The fourth-order valence-corrected chi connectivity index (χ4v) is 3.99. The number of carbonyl (C=O) groups excluding carboxylic acids is 4. The van der Waals surface area contributed by atoms with Gasteiger partial charge in [0.25, 0.3) is 0 Å². The third-order valence-electron chi connectivity index (χ3n) is 4.49. The highest BCUT2D eigenvalue weighted by molar-refractivity contribution is 7.18. The van der Waals surface area contributed by atoms with Crippen LogP contribution in [-0.4, -0.2) is 48.1 Å². The van der Waals surface area contributed by atoms with Gasteiger partial charge < -0.3 is 19.9 Å². The van der Waals surface area contributed by atoms with Gasteiger partial charge in [-0.05, 0) is 57.4 Å². The summed E-state index contributed by atoms with van der Waals surface area (Å²) in [4.78, 5) is 49.6. The SMILES string of the molecule is CCOC(=O)c1sc(NC(=O)N[C@@H](Cc2ccc(O)cc2)C(C)=O)c(C(=O)OCC)c1C. The third-order valence-corrected chi connectivity index (χ3v) is 5.67. The number of Topliss-reactive ketones (excluding diaryl/α,β-unsaturated/α-hetero) is 1. The van der Waals surface area contributed by atoms with Crippen molar-refractivity contribution in [1.82, 2.24) is 5.32 Å². The molecule has 1 heterocycles. The molecule has 9 nitrogen and oxygen atoms in total. The summed E-state index contributed by atoms with van der Waals surface area (Å²) in [5, 5.41) is 14.7. The molecule has 0 unspecified atom stereocenters. The van der Waals surface area contributed by atoms with Crippen molar-refractivity contribution in [2.75, 3.05) is 18.5 Å². The van der Waals surface area contributed by atoms with E-state index in [9.17, 15) is 24.3 Å². The number of hydrogen-bond acceptors (Lipinski definition) is 8. The second kappa shape index (κ2) is 11.3. The Bertz CT molecular complexity index is 998. The zero-order chi connectivity index (χ0) is 23.8. The maximum absolute atomic E-state index is 12.6. The van der Waals surface area contributed by atoms with Crippen molar-refractivity contribution in [2.45, 2.75) is 40.2 Å². The fourth-order valence-electron chi connectivity index (χ4n) is 2.90. The number of anilines is 1. The summed E-state index contributed by atoms with van der Waals surface area (Å²) in [7, 11) is 0. The Labute approximate surface area is 189 Å². The molecule has 32 heavy (non-hydrogen) atoms. The lowest BCUT2D eigenvalue weighted by Crippen LogP contribution is -2.43. The third kappa shape index (κ3) is 6.30. The van der Waals surface area contributed by atoms with Crippen LogP contribution in [0.25, 0.3) is 0 Å². The van der Waals surface area contributed by atoms with Crippen molar-refractivity contribution in [3.63, 3.8) is 0 Å². The van der Waals surface area contributed by atoms with E-state index in [1.165, 1.54) is 19.1 Å². The van der Waals surface area contributed by atoms with Crippen LogP contribution in [-0.2, 0) is 20.7 Å². The summed E-state index contributed by atoms with van der Waals surface area (Å²) < 4.78 is 10.1. The Morgan fingerprint density at radius 3 is 2.19 bits per heavy atom. The number of hydrogen-bond donors (Lipinski definition) is 3. The number of phenols is 1. The Morgan fingerprint density at radius 1 is 1.03 bits per heavy atom. The van der Waals surface area contributed by atoms with Gasteiger partial charge in [-0.15, -0.1) is 11.3 Å². The average Bonchev–Trinajstić information content (AvgIpc) is 3.05. The summed E-state index contributed by atoms with van der Waals surface area (Å²) in [6.07, 6.45) is 0.214. The lowest BCUT2D eigenvalue weighted by atomic mass is 10.0. The normalized spacial score (nSPS) is 11.4. The molecule has 0 fully saturated rings. The van der Waals surface area contributed by atoms with Crippen molar-refractivity contribution in [3.05, 3.63) is 45.8 Å². The van der Waals surface area contributed by atoms with Crippen LogP contribution in [0.4, 0.5) is 9.80 Å². The number of nitrogens with one attached hydrogen (secondary N) is 2. The average molecular weight is 463 g/mol. The Kier molecular flexibility index (Phi) is 8.77. The Balaban J connectivity index is 2.24. The molecule has 0 radical (unpaired) electrons. The molecule has 0 aliphatic heterocycles. The van der Waals surface area contributed by atoms with Crippen LogP contribution in [0.1, 0.15) is 51.9 Å². The standard InChI is InChI=1S/C22H26N2O7S/c1-5-30-20(27)17-12(3)18(21(28)31-6-2)32-19(17)24-22(29)23-16(13(4)25)11-14-7-9-15(26)10-8-14/h7-10,16,26H,5-6,11H2,1-4H3,(H2,23,24,29)/t16-/m0/s1. The molecule has 172 valence electrons. The number of ether oxygens (including phenoxy) is 2. The number of carbonyl (C=O) groups is 4. The number of benzene rings is 1. The monoisotopic (exact) mass is 462 g/mol. The highest BCUT2D eigenvalue weighted by Gasteiger charge is 2.28. The van der Waals surface area contributed by atoms with E-state index in [2.05, 4.69) is 10.6 Å². The van der Waals surface area contributed by atoms with Crippen molar-refractivity contribution in [1.29, 1.82) is 0 Å². The highest BCUT2D eigenvalue weighted by atomic mass is 32.1. The molecule has 10 heteroatoms. The van der Waals surface area contributed by atoms with E-state index in [-0.39, 0.29) is 46.6 Å². The first-order valence-corrected chi connectivity index (χ1v) is 10.8. The predicted molar refractivity (Wildman–Crippen MR) is 119 cm³/mol. The minimum Gasteiger partial charge on any atom is -0.508 e. The van der Waals surface area contributed by atoms with E-state index in [0.29, 0.717) is 5.56 Å². The van der Waals surface area contributed by atoms with E-state index >= 15 is 0 Å². The van der Waals surface area contributed by atoms with E-state index in [1.807, 2.05) is 0 Å². The molecule has 2 rings (SSSR count). The minimum atomic E-state index is -0.837. The van der Waals surface area contributed by atoms with Gasteiger partial charge in [-0.3, -0.25) is 10.1 Å². The quantitative estimate of drug-likeness (QED) is 0.487. The summed E-state index contributed by atoms with van der Waals surface area (Å²) >= 11 is 0.898.